The van der Waals surface area contributed by atoms with Crippen LogP contribution in [-0.4, -0.2) is 89.6 Å². The third kappa shape index (κ3) is 7.41. The minimum absolute atomic E-state index is 0.154. The minimum Gasteiger partial charge on any atom is -0.475 e. The molecule has 196 valence electrons. The zero-order valence-corrected chi connectivity index (χ0v) is 20.3. The van der Waals surface area contributed by atoms with E-state index < -0.39 is 12.1 Å². The van der Waals surface area contributed by atoms with Crippen molar-refractivity contribution in [3.63, 3.8) is 0 Å². The van der Waals surface area contributed by atoms with Crippen molar-refractivity contribution in [2.24, 2.45) is 11.3 Å². The Hall–Kier alpha value is -2.17. The summed E-state index contributed by atoms with van der Waals surface area (Å²) < 4.78 is 37.9. The Kier molecular flexibility index (Phi) is 8.82. The first-order valence-corrected chi connectivity index (χ1v) is 12.1. The number of hydrogen-bond donors (Lipinski definition) is 2. The Balaban J connectivity index is 0.000000429. The number of carboxylic acids is 1. The van der Waals surface area contributed by atoms with Crippen molar-refractivity contribution in [3.8, 4) is 0 Å². The van der Waals surface area contributed by atoms with Crippen LogP contribution >= 0.6 is 0 Å². The number of carbonyl (C=O) groups is 2. The van der Waals surface area contributed by atoms with Gasteiger partial charge < -0.3 is 19.8 Å². The summed E-state index contributed by atoms with van der Waals surface area (Å²) in [6.07, 6.45) is -0.821. The van der Waals surface area contributed by atoms with Crippen LogP contribution in [0.1, 0.15) is 48.5 Å². The van der Waals surface area contributed by atoms with Crippen molar-refractivity contribution in [2.45, 2.75) is 57.9 Å². The number of hydrogen-bond acceptors (Lipinski definition) is 5. The molecule has 3 fully saturated rings. The van der Waals surface area contributed by atoms with Gasteiger partial charge in [0.05, 0.1) is 18.8 Å². The van der Waals surface area contributed by atoms with E-state index in [9.17, 15) is 23.1 Å². The number of likely N-dealkylation sites (tertiary alicyclic amines) is 2. The molecule has 4 rings (SSSR count). The quantitative estimate of drug-likeness (QED) is 0.662. The second-order valence-corrected chi connectivity index (χ2v) is 10.2. The lowest BCUT2D eigenvalue weighted by Gasteiger charge is -2.39. The average molecular weight is 501 g/mol. The van der Waals surface area contributed by atoms with Gasteiger partial charge in [-0.3, -0.25) is 9.69 Å². The monoisotopic (exact) mass is 500 g/mol. The summed E-state index contributed by atoms with van der Waals surface area (Å²) in [6.45, 7) is 9.39. The number of aryl methyl sites for hydroxylation is 1. The third-order valence-corrected chi connectivity index (χ3v) is 7.40. The van der Waals surface area contributed by atoms with E-state index in [0.717, 1.165) is 70.6 Å². The van der Waals surface area contributed by atoms with Gasteiger partial charge in [0.1, 0.15) is 0 Å². The first-order chi connectivity index (χ1) is 16.4. The number of aliphatic carboxylic acids is 1. The number of nitrogens with zero attached hydrogens (tertiary/aromatic N) is 2. The number of ether oxygens (including phenoxy) is 1. The number of carboxylic acid groups (broad SMARTS) is 1. The summed E-state index contributed by atoms with van der Waals surface area (Å²) >= 11 is 0. The molecule has 7 nitrogen and oxygen atoms in total. The Bertz CT molecular complexity index is 869. The van der Waals surface area contributed by atoms with Gasteiger partial charge in [0.2, 0.25) is 0 Å². The molecule has 3 aliphatic heterocycles. The van der Waals surface area contributed by atoms with E-state index in [1.807, 2.05) is 36.1 Å². The van der Waals surface area contributed by atoms with Gasteiger partial charge >= 0.3 is 12.1 Å². The van der Waals surface area contributed by atoms with Crippen LogP contribution in [-0.2, 0) is 9.53 Å². The van der Waals surface area contributed by atoms with E-state index in [1.165, 1.54) is 5.56 Å². The van der Waals surface area contributed by atoms with Gasteiger partial charge in [0, 0.05) is 31.7 Å². The molecule has 0 aromatic heterocycles. The maximum Gasteiger partial charge on any atom is 0.490 e. The highest BCUT2D eigenvalue weighted by Crippen LogP contribution is 2.42. The number of piperidine rings is 2. The predicted molar refractivity (Wildman–Crippen MR) is 123 cm³/mol. The number of halogens is 3. The van der Waals surface area contributed by atoms with Crippen molar-refractivity contribution >= 4 is 11.9 Å². The second-order valence-electron chi connectivity index (χ2n) is 10.2. The highest BCUT2D eigenvalue weighted by molar-refractivity contribution is 5.94. The van der Waals surface area contributed by atoms with Gasteiger partial charge in [-0.25, -0.2) is 4.79 Å². The summed E-state index contributed by atoms with van der Waals surface area (Å²) in [5.41, 5.74) is 2.20. The van der Waals surface area contributed by atoms with Crippen molar-refractivity contribution < 1.29 is 37.7 Å². The number of rotatable bonds is 3. The smallest absolute Gasteiger partial charge is 0.475 e. The molecule has 3 heterocycles. The fourth-order valence-corrected chi connectivity index (χ4v) is 4.99. The number of aliphatic hydroxyl groups excluding tert-OH is 1. The largest absolute Gasteiger partial charge is 0.490 e. The molecule has 1 aromatic carbocycles. The maximum absolute atomic E-state index is 12.8. The molecule has 0 radical (unpaired) electrons. The van der Waals surface area contributed by atoms with Crippen LogP contribution in [0.5, 0.6) is 0 Å². The van der Waals surface area contributed by atoms with Crippen LogP contribution in [0.3, 0.4) is 0 Å². The molecule has 1 spiro atoms. The molecule has 1 amide bonds. The van der Waals surface area contributed by atoms with E-state index in [2.05, 4.69) is 11.8 Å². The molecule has 35 heavy (non-hydrogen) atoms. The fraction of sp³-hybridized carbons (Fsp3) is 0.680. The fourth-order valence-electron chi connectivity index (χ4n) is 4.99. The van der Waals surface area contributed by atoms with Gasteiger partial charge in [-0.2, -0.15) is 13.2 Å². The Morgan fingerprint density at radius 1 is 1.14 bits per heavy atom. The van der Waals surface area contributed by atoms with Gasteiger partial charge in [0.25, 0.3) is 5.91 Å². The minimum atomic E-state index is -5.08. The van der Waals surface area contributed by atoms with Crippen molar-refractivity contribution in [3.05, 3.63) is 35.4 Å². The molecule has 1 unspecified atom stereocenters. The van der Waals surface area contributed by atoms with Crippen LogP contribution in [0, 0.1) is 18.3 Å². The van der Waals surface area contributed by atoms with E-state index >= 15 is 0 Å². The molecule has 0 saturated carbocycles. The van der Waals surface area contributed by atoms with Crippen LogP contribution in [0.4, 0.5) is 13.2 Å². The van der Waals surface area contributed by atoms with E-state index in [-0.39, 0.29) is 23.5 Å². The SMILES string of the molecule is Cc1ccc(C(=O)N2CCC3(CC2)COC(CN2CC[C@@H](C)[C@H](O)C2)C3)cc1.O=C(O)C(F)(F)F. The van der Waals surface area contributed by atoms with Gasteiger partial charge in [-0.05, 0) is 62.6 Å². The van der Waals surface area contributed by atoms with Crippen molar-refractivity contribution in [2.75, 3.05) is 39.3 Å². The average Bonchev–Trinajstić information content (AvgIpc) is 3.18. The molecule has 10 heteroatoms. The van der Waals surface area contributed by atoms with Crippen LogP contribution in [0.2, 0.25) is 0 Å². The zero-order valence-electron chi connectivity index (χ0n) is 20.3. The lowest BCUT2D eigenvalue weighted by molar-refractivity contribution is -0.192. The van der Waals surface area contributed by atoms with E-state index in [4.69, 9.17) is 14.6 Å². The standard InChI is InChI=1S/C23H34N2O3.C2HF3O2/c1-17-3-5-19(6-4-17)22(27)25-11-8-23(9-12-25)13-20(28-16-23)14-24-10-7-18(2)21(26)15-24;3-2(4,5)1(6)7/h3-6,18,20-21,26H,7-16H2,1-2H3;(H,6,7)/t18-,20?,21-;/m1./s1. The number of benzene rings is 1. The second kappa shape index (κ2) is 11.3. The Morgan fingerprint density at radius 3 is 2.29 bits per heavy atom. The normalized spacial score (nSPS) is 26.8. The van der Waals surface area contributed by atoms with E-state index in [0.29, 0.717) is 5.92 Å². The zero-order chi connectivity index (χ0) is 25.8. The number of amides is 1. The first kappa shape index (κ1) is 27.4. The molecule has 2 N–H and O–H groups in total. The lowest BCUT2D eigenvalue weighted by atomic mass is 9.76. The molecular weight excluding hydrogens is 465 g/mol. The van der Waals surface area contributed by atoms with Crippen molar-refractivity contribution in [1.82, 2.24) is 9.80 Å². The summed E-state index contributed by atoms with van der Waals surface area (Å²) in [6, 6.07) is 7.88. The predicted octanol–water partition coefficient (Wildman–Crippen LogP) is 3.34. The molecule has 3 aliphatic rings. The van der Waals surface area contributed by atoms with Gasteiger partial charge in [-0.15, -0.1) is 0 Å². The summed E-state index contributed by atoms with van der Waals surface area (Å²) in [5.74, 6) is -2.20. The van der Waals surface area contributed by atoms with Gasteiger partial charge in [0.15, 0.2) is 0 Å². The number of β-amino-alcohol motifs (C(OH)–C–C–N with tert-alkyl or cyclic N) is 1. The van der Waals surface area contributed by atoms with Crippen LogP contribution in [0.15, 0.2) is 24.3 Å². The Morgan fingerprint density at radius 2 is 1.74 bits per heavy atom. The summed E-state index contributed by atoms with van der Waals surface area (Å²) in [7, 11) is 0. The first-order valence-electron chi connectivity index (χ1n) is 12.1. The highest BCUT2D eigenvalue weighted by Gasteiger charge is 2.44. The molecule has 0 bridgehead atoms. The topological polar surface area (TPSA) is 90.3 Å². The van der Waals surface area contributed by atoms with E-state index in [1.54, 1.807) is 0 Å². The summed E-state index contributed by atoms with van der Waals surface area (Å²) in [4.78, 5) is 26.0. The van der Waals surface area contributed by atoms with Crippen LogP contribution in [0.25, 0.3) is 0 Å². The third-order valence-electron chi connectivity index (χ3n) is 7.40. The van der Waals surface area contributed by atoms with Crippen molar-refractivity contribution in [1.29, 1.82) is 0 Å². The number of aliphatic hydroxyl groups is 1. The number of carbonyl (C=O) groups excluding carboxylic acids is 1. The lowest BCUT2D eigenvalue weighted by Crippen LogP contribution is -2.46. The molecule has 3 saturated heterocycles. The Labute approximate surface area is 203 Å². The molecular formula is C25H35F3N2O5. The molecule has 0 aliphatic carbocycles. The molecule has 3 atom stereocenters. The highest BCUT2D eigenvalue weighted by atomic mass is 19.4. The molecule has 1 aromatic rings. The summed E-state index contributed by atoms with van der Waals surface area (Å²) in [5, 5.41) is 17.3. The van der Waals surface area contributed by atoms with Gasteiger partial charge in [-0.1, -0.05) is 24.6 Å². The van der Waals surface area contributed by atoms with Crippen LogP contribution < -0.4 is 0 Å². The maximum atomic E-state index is 12.8. The number of alkyl halides is 3.